The van der Waals surface area contributed by atoms with Gasteiger partial charge in [-0.1, -0.05) is 6.07 Å². The molecule has 0 aliphatic heterocycles. The molecule has 4 nitrogen and oxygen atoms in total. The third-order valence-electron chi connectivity index (χ3n) is 2.79. The fourth-order valence-electron chi connectivity index (χ4n) is 1.60. The monoisotopic (exact) mass is 256 g/mol. The lowest BCUT2D eigenvalue weighted by atomic mass is 10.1. The zero-order valence-corrected chi connectivity index (χ0v) is 11.0. The van der Waals surface area contributed by atoms with Crippen LogP contribution in [0.4, 0.5) is 5.69 Å². The van der Waals surface area contributed by atoms with Crippen molar-refractivity contribution in [1.82, 2.24) is 4.98 Å². The van der Waals surface area contributed by atoms with Crippen LogP contribution in [0.15, 0.2) is 42.7 Å². The van der Waals surface area contributed by atoms with Gasteiger partial charge in [-0.3, -0.25) is 9.78 Å². The van der Waals surface area contributed by atoms with Crippen LogP contribution in [-0.4, -0.2) is 17.5 Å². The maximum Gasteiger partial charge on any atom is 0.262 e. The molecule has 2 rings (SSSR count). The minimum absolute atomic E-state index is 0.0291. The lowest BCUT2D eigenvalue weighted by Gasteiger charge is -2.08. The van der Waals surface area contributed by atoms with Gasteiger partial charge in [0.15, 0.2) is 6.61 Å². The van der Waals surface area contributed by atoms with Crippen LogP contribution in [-0.2, 0) is 4.79 Å². The Kier molecular flexibility index (Phi) is 4.13. The second-order valence-electron chi connectivity index (χ2n) is 4.32. The maximum absolute atomic E-state index is 11.7. The second kappa shape index (κ2) is 6.00. The zero-order chi connectivity index (χ0) is 13.7. The molecule has 0 aliphatic carbocycles. The standard InChI is InChI=1S/C15H16N2O2/c1-11-5-6-13(8-12(11)2)17-15(18)10-19-14-4-3-7-16-9-14/h3-9H,10H2,1-2H3,(H,17,18). The Morgan fingerprint density at radius 2 is 2.11 bits per heavy atom. The first-order valence-corrected chi connectivity index (χ1v) is 6.05. The summed E-state index contributed by atoms with van der Waals surface area (Å²) in [5.74, 6) is 0.393. The molecule has 1 amide bonds. The van der Waals surface area contributed by atoms with E-state index >= 15 is 0 Å². The number of pyridine rings is 1. The van der Waals surface area contributed by atoms with Crippen molar-refractivity contribution in [2.45, 2.75) is 13.8 Å². The minimum Gasteiger partial charge on any atom is -0.482 e. The zero-order valence-electron chi connectivity index (χ0n) is 11.0. The summed E-state index contributed by atoms with van der Waals surface area (Å²) < 4.78 is 5.32. The number of aryl methyl sites for hydroxylation is 2. The Morgan fingerprint density at radius 3 is 2.79 bits per heavy atom. The Balaban J connectivity index is 1.89. The van der Waals surface area contributed by atoms with E-state index in [-0.39, 0.29) is 12.5 Å². The van der Waals surface area contributed by atoms with Gasteiger partial charge in [-0.2, -0.15) is 0 Å². The average Bonchev–Trinajstić information content (AvgIpc) is 2.42. The van der Waals surface area contributed by atoms with E-state index in [0.29, 0.717) is 5.75 Å². The van der Waals surface area contributed by atoms with Crippen LogP contribution in [0.5, 0.6) is 5.75 Å². The molecule has 4 heteroatoms. The highest BCUT2D eigenvalue weighted by atomic mass is 16.5. The van der Waals surface area contributed by atoms with Crippen LogP contribution < -0.4 is 10.1 Å². The molecule has 0 saturated carbocycles. The number of rotatable bonds is 4. The molecule has 0 fully saturated rings. The number of carbonyl (C=O) groups excluding carboxylic acids is 1. The summed E-state index contributed by atoms with van der Waals surface area (Å²) in [4.78, 5) is 15.6. The van der Waals surface area contributed by atoms with E-state index in [1.54, 1.807) is 24.5 Å². The molecular formula is C15H16N2O2. The molecule has 0 aliphatic rings. The van der Waals surface area contributed by atoms with E-state index in [9.17, 15) is 4.79 Å². The molecule has 19 heavy (non-hydrogen) atoms. The molecule has 1 aromatic carbocycles. The normalized spacial score (nSPS) is 10.0. The van der Waals surface area contributed by atoms with E-state index < -0.39 is 0 Å². The van der Waals surface area contributed by atoms with Crippen LogP contribution >= 0.6 is 0 Å². The lowest BCUT2D eigenvalue weighted by molar-refractivity contribution is -0.118. The van der Waals surface area contributed by atoms with Crippen molar-refractivity contribution < 1.29 is 9.53 Å². The number of hydrogen-bond acceptors (Lipinski definition) is 3. The smallest absolute Gasteiger partial charge is 0.262 e. The lowest BCUT2D eigenvalue weighted by Crippen LogP contribution is -2.20. The van der Waals surface area contributed by atoms with Gasteiger partial charge in [0.1, 0.15) is 5.75 Å². The SMILES string of the molecule is Cc1ccc(NC(=O)COc2cccnc2)cc1C. The van der Waals surface area contributed by atoms with Crippen molar-refractivity contribution in [3.8, 4) is 5.75 Å². The van der Waals surface area contributed by atoms with Gasteiger partial charge in [0.05, 0.1) is 6.20 Å². The largest absolute Gasteiger partial charge is 0.482 e. The Labute approximate surface area is 112 Å². The van der Waals surface area contributed by atoms with Crippen LogP contribution in [0.1, 0.15) is 11.1 Å². The first kappa shape index (κ1) is 13.1. The number of nitrogens with zero attached hydrogens (tertiary/aromatic N) is 1. The van der Waals surface area contributed by atoms with E-state index in [2.05, 4.69) is 10.3 Å². The predicted molar refractivity (Wildman–Crippen MR) is 74.3 cm³/mol. The van der Waals surface area contributed by atoms with E-state index in [4.69, 9.17) is 4.74 Å². The summed E-state index contributed by atoms with van der Waals surface area (Å²) in [5, 5.41) is 2.80. The molecular weight excluding hydrogens is 240 g/mol. The topological polar surface area (TPSA) is 51.2 Å². The van der Waals surface area contributed by atoms with Gasteiger partial charge in [-0.25, -0.2) is 0 Å². The minimum atomic E-state index is -0.188. The molecule has 98 valence electrons. The van der Waals surface area contributed by atoms with Crippen LogP contribution in [0.25, 0.3) is 0 Å². The highest BCUT2D eigenvalue weighted by Crippen LogP contribution is 2.14. The molecule has 0 atom stereocenters. The predicted octanol–water partition coefficient (Wildman–Crippen LogP) is 2.72. The van der Waals surface area contributed by atoms with Gasteiger partial charge >= 0.3 is 0 Å². The first-order chi connectivity index (χ1) is 9.15. The average molecular weight is 256 g/mol. The molecule has 0 bridgehead atoms. The van der Waals surface area contributed by atoms with Crippen molar-refractivity contribution in [2.24, 2.45) is 0 Å². The van der Waals surface area contributed by atoms with Gasteiger partial charge in [-0.15, -0.1) is 0 Å². The molecule has 1 N–H and O–H groups in total. The summed E-state index contributed by atoms with van der Waals surface area (Å²) in [6.45, 7) is 4.02. The summed E-state index contributed by atoms with van der Waals surface area (Å²) in [7, 11) is 0. The Morgan fingerprint density at radius 1 is 1.26 bits per heavy atom. The van der Waals surface area contributed by atoms with Crippen molar-refractivity contribution in [2.75, 3.05) is 11.9 Å². The fraction of sp³-hybridized carbons (Fsp3) is 0.200. The second-order valence-corrected chi connectivity index (χ2v) is 4.32. The molecule has 1 heterocycles. The van der Waals surface area contributed by atoms with Crippen LogP contribution in [0.3, 0.4) is 0 Å². The number of benzene rings is 1. The first-order valence-electron chi connectivity index (χ1n) is 6.05. The van der Waals surface area contributed by atoms with E-state index in [0.717, 1.165) is 11.3 Å². The molecule has 0 saturated heterocycles. The Bertz CT molecular complexity index is 568. The summed E-state index contributed by atoms with van der Waals surface area (Å²) >= 11 is 0. The van der Waals surface area contributed by atoms with Crippen molar-refractivity contribution >= 4 is 11.6 Å². The Hall–Kier alpha value is -2.36. The molecule has 1 aromatic heterocycles. The van der Waals surface area contributed by atoms with Crippen molar-refractivity contribution in [3.05, 3.63) is 53.9 Å². The molecule has 0 spiro atoms. The number of carbonyl (C=O) groups is 1. The van der Waals surface area contributed by atoms with Gasteiger partial charge in [0, 0.05) is 11.9 Å². The van der Waals surface area contributed by atoms with Gasteiger partial charge in [0.25, 0.3) is 5.91 Å². The number of anilines is 1. The number of amides is 1. The van der Waals surface area contributed by atoms with E-state index in [1.807, 2.05) is 32.0 Å². The van der Waals surface area contributed by atoms with Gasteiger partial charge < -0.3 is 10.1 Å². The molecule has 0 unspecified atom stereocenters. The van der Waals surface area contributed by atoms with Crippen molar-refractivity contribution in [3.63, 3.8) is 0 Å². The maximum atomic E-state index is 11.7. The highest BCUT2D eigenvalue weighted by molar-refractivity contribution is 5.92. The number of ether oxygens (including phenoxy) is 1. The van der Waals surface area contributed by atoms with Gasteiger partial charge in [-0.05, 0) is 49.2 Å². The molecule has 2 aromatic rings. The van der Waals surface area contributed by atoms with Crippen molar-refractivity contribution in [1.29, 1.82) is 0 Å². The van der Waals surface area contributed by atoms with E-state index in [1.165, 1.54) is 5.56 Å². The van der Waals surface area contributed by atoms with Crippen LogP contribution in [0, 0.1) is 13.8 Å². The summed E-state index contributed by atoms with van der Waals surface area (Å²) in [6, 6.07) is 9.32. The third kappa shape index (κ3) is 3.81. The number of nitrogens with one attached hydrogen (secondary N) is 1. The highest BCUT2D eigenvalue weighted by Gasteiger charge is 2.04. The van der Waals surface area contributed by atoms with Crippen LogP contribution in [0.2, 0.25) is 0 Å². The quantitative estimate of drug-likeness (QED) is 0.915. The summed E-state index contributed by atoms with van der Waals surface area (Å²) in [5.41, 5.74) is 3.12. The number of hydrogen-bond donors (Lipinski definition) is 1. The third-order valence-corrected chi connectivity index (χ3v) is 2.79. The molecule has 0 radical (unpaired) electrons. The van der Waals surface area contributed by atoms with Gasteiger partial charge in [0.2, 0.25) is 0 Å². The summed E-state index contributed by atoms with van der Waals surface area (Å²) in [6.07, 6.45) is 3.23. The fourth-order valence-corrected chi connectivity index (χ4v) is 1.60. The number of aromatic nitrogens is 1.